The monoisotopic (exact) mass is 355 g/mol. The Hall–Kier alpha value is -1.28. The van der Waals surface area contributed by atoms with E-state index in [1.54, 1.807) is 29.0 Å². The third kappa shape index (κ3) is 3.47. The van der Waals surface area contributed by atoms with Crippen LogP contribution in [0.15, 0.2) is 46.0 Å². The van der Waals surface area contributed by atoms with Crippen molar-refractivity contribution >= 4 is 21.4 Å². The quantitative estimate of drug-likeness (QED) is 0.917. The molecule has 1 aliphatic rings. The van der Waals surface area contributed by atoms with Crippen molar-refractivity contribution in [3.8, 4) is 0 Å². The van der Waals surface area contributed by atoms with Gasteiger partial charge in [0.15, 0.2) is 0 Å². The molecule has 2 aromatic rings. The van der Waals surface area contributed by atoms with Crippen LogP contribution in [0, 0.1) is 11.7 Å². The molecule has 2 heterocycles. The standard InChI is InChI=1S/C16H18FNO3S2/c17-14-3-1-12(2-4-14)16(19)13-5-8-18(9-6-13)23(20,21)15-7-10-22-11-15/h1-4,7,10-11,13,16,19H,5-6,8-9H2. The Morgan fingerprint density at radius 2 is 1.83 bits per heavy atom. The SMILES string of the molecule is O=S(=O)(c1ccsc1)N1CCC(C(O)c2ccc(F)cc2)CC1. The van der Waals surface area contributed by atoms with Gasteiger partial charge in [0.05, 0.1) is 11.0 Å². The molecular weight excluding hydrogens is 337 g/mol. The van der Waals surface area contributed by atoms with E-state index < -0.39 is 16.1 Å². The molecule has 4 nitrogen and oxygen atoms in total. The first-order chi connectivity index (χ1) is 11.0. The fraction of sp³-hybridized carbons (Fsp3) is 0.375. The number of aliphatic hydroxyl groups is 1. The van der Waals surface area contributed by atoms with Gasteiger partial charge in [-0.3, -0.25) is 0 Å². The van der Waals surface area contributed by atoms with Crippen LogP contribution in [0.25, 0.3) is 0 Å². The van der Waals surface area contributed by atoms with Crippen LogP contribution in [0.2, 0.25) is 0 Å². The number of thiophene rings is 1. The van der Waals surface area contributed by atoms with Crippen LogP contribution in [0.5, 0.6) is 0 Å². The van der Waals surface area contributed by atoms with Crippen LogP contribution < -0.4 is 0 Å². The fourth-order valence-electron chi connectivity index (χ4n) is 2.91. The van der Waals surface area contributed by atoms with Crippen molar-refractivity contribution in [1.29, 1.82) is 0 Å². The van der Waals surface area contributed by atoms with Crippen molar-refractivity contribution in [2.45, 2.75) is 23.8 Å². The van der Waals surface area contributed by atoms with Gasteiger partial charge < -0.3 is 5.11 Å². The van der Waals surface area contributed by atoms with Crippen LogP contribution in [0.1, 0.15) is 24.5 Å². The van der Waals surface area contributed by atoms with Gasteiger partial charge in [-0.25, -0.2) is 12.8 Å². The van der Waals surface area contributed by atoms with Gasteiger partial charge in [0, 0.05) is 18.5 Å². The van der Waals surface area contributed by atoms with Gasteiger partial charge in [-0.05, 0) is 47.9 Å². The van der Waals surface area contributed by atoms with E-state index in [2.05, 4.69) is 0 Å². The fourth-order valence-corrected chi connectivity index (χ4v) is 5.40. The van der Waals surface area contributed by atoms with Crippen LogP contribution in [-0.2, 0) is 10.0 Å². The number of hydrogen-bond donors (Lipinski definition) is 1. The van der Waals surface area contributed by atoms with Crippen molar-refractivity contribution in [1.82, 2.24) is 4.31 Å². The first kappa shape index (κ1) is 16.6. The number of benzene rings is 1. The molecule has 0 radical (unpaired) electrons. The summed E-state index contributed by atoms with van der Waals surface area (Å²) in [6.45, 7) is 0.780. The van der Waals surface area contributed by atoms with Crippen LogP contribution in [-0.4, -0.2) is 30.9 Å². The zero-order valence-corrected chi connectivity index (χ0v) is 14.1. The van der Waals surface area contributed by atoms with E-state index in [-0.39, 0.29) is 11.7 Å². The van der Waals surface area contributed by atoms with Crippen molar-refractivity contribution in [3.05, 3.63) is 52.5 Å². The summed E-state index contributed by atoms with van der Waals surface area (Å²) < 4.78 is 39.4. The molecule has 124 valence electrons. The molecular formula is C16H18FNO3S2. The zero-order valence-electron chi connectivity index (χ0n) is 12.4. The van der Waals surface area contributed by atoms with Gasteiger partial charge in [-0.2, -0.15) is 15.6 Å². The molecule has 0 saturated carbocycles. The van der Waals surface area contributed by atoms with Crippen LogP contribution in [0.3, 0.4) is 0 Å². The number of rotatable bonds is 4. The highest BCUT2D eigenvalue weighted by Crippen LogP contribution is 2.32. The minimum absolute atomic E-state index is 0.0191. The molecule has 0 amide bonds. The first-order valence-corrected chi connectivity index (χ1v) is 9.82. The van der Waals surface area contributed by atoms with Gasteiger partial charge in [-0.1, -0.05) is 12.1 Å². The van der Waals surface area contributed by atoms with Crippen LogP contribution in [0.4, 0.5) is 4.39 Å². The number of hydrogen-bond acceptors (Lipinski definition) is 4. The van der Waals surface area contributed by atoms with Gasteiger partial charge in [-0.15, -0.1) is 0 Å². The second-order valence-corrected chi connectivity index (χ2v) is 8.41. The van der Waals surface area contributed by atoms with Gasteiger partial charge in [0.2, 0.25) is 10.0 Å². The van der Waals surface area contributed by atoms with E-state index in [0.29, 0.717) is 36.4 Å². The molecule has 1 N–H and O–H groups in total. The molecule has 23 heavy (non-hydrogen) atoms. The summed E-state index contributed by atoms with van der Waals surface area (Å²) in [5.41, 5.74) is 0.672. The highest BCUT2D eigenvalue weighted by molar-refractivity contribution is 7.89. The lowest BCUT2D eigenvalue weighted by Crippen LogP contribution is -2.39. The molecule has 1 atom stereocenters. The lowest BCUT2D eigenvalue weighted by molar-refractivity contribution is 0.0760. The summed E-state index contributed by atoms with van der Waals surface area (Å²) in [7, 11) is -3.43. The molecule has 1 saturated heterocycles. The van der Waals surface area contributed by atoms with E-state index in [1.807, 2.05) is 0 Å². The highest BCUT2D eigenvalue weighted by atomic mass is 32.2. The molecule has 1 aliphatic heterocycles. The molecule has 7 heteroatoms. The minimum atomic E-state index is -3.43. The number of sulfonamides is 1. The summed E-state index contributed by atoms with van der Waals surface area (Å²) in [5, 5.41) is 13.8. The molecule has 0 spiro atoms. The summed E-state index contributed by atoms with van der Waals surface area (Å²) in [4.78, 5) is 0.333. The Bertz CT molecular complexity index is 736. The Morgan fingerprint density at radius 1 is 1.17 bits per heavy atom. The van der Waals surface area contributed by atoms with Crippen molar-refractivity contribution in [2.75, 3.05) is 13.1 Å². The summed E-state index contributed by atoms with van der Waals surface area (Å²) in [6, 6.07) is 7.42. The van der Waals surface area contributed by atoms with E-state index in [0.717, 1.165) is 0 Å². The zero-order chi connectivity index (χ0) is 16.4. The van der Waals surface area contributed by atoms with Gasteiger partial charge >= 0.3 is 0 Å². The number of nitrogens with zero attached hydrogens (tertiary/aromatic N) is 1. The van der Waals surface area contributed by atoms with E-state index >= 15 is 0 Å². The minimum Gasteiger partial charge on any atom is -0.388 e. The Kier molecular flexibility index (Phi) is 4.82. The molecule has 1 fully saturated rings. The van der Waals surface area contributed by atoms with E-state index in [9.17, 15) is 17.9 Å². The molecule has 1 unspecified atom stereocenters. The molecule has 1 aromatic heterocycles. The van der Waals surface area contributed by atoms with Crippen molar-refractivity contribution < 1.29 is 17.9 Å². The Labute approximate surface area is 139 Å². The largest absolute Gasteiger partial charge is 0.388 e. The predicted molar refractivity (Wildman–Crippen MR) is 87.2 cm³/mol. The van der Waals surface area contributed by atoms with Gasteiger partial charge in [0.25, 0.3) is 0 Å². The molecule has 1 aromatic carbocycles. The lowest BCUT2D eigenvalue weighted by Gasteiger charge is -2.33. The molecule has 0 aliphatic carbocycles. The maximum absolute atomic E-state index is 13.0. The normalized spacial score (nSPS) is 18.9. The van der Waals surface area contributed by atoms with Crippen molar-refractivity contribution in [3.63, 3.8) is 0 Å². The Balaban J connectivity index is 1.65. The molecule has 3 rings (SSSR count). The van der Waals surface area contributed by atoms with E-state index in [1.165, 1.54) is 27.8 Å². The average molecular weight is 355 g/mol. The summed E-state index contributed by atoms with van der Waals surface area (Å²) in [6.07, 6.45) is 0.477. The van der Waals surface area contributed by atoms with Gasteiger partial charge in [0.1, 0.15) is 5.82 Å². The van der Waals surface area contributed by atoms with Crippen LogP contribution >= 0.6 is 11.3 Å². The molecule has 0 bridgehead atoms. The maximum atomic E-state index is 13.0. The lowest BCUT2D eigenvalue weighted by atomic mass is 9.88. The third-order valence-electron chi connectivity index (χ3n) is 4.29. The average Bonchev–Trinajstić information content (AvgIpc) is 3.10. The predicted octanol–water partition coefficient (Wildman–Crippen LogP) is 3.02. The summed E-state index contributed by atoms with van der Waals surface area (Å²) >= 11 is 1.36. The highest BCUT2D eigenvalue weighted by Gasteiger charge is 2.32. The second kappa shape index (κ2) is 6.68. The smallest absolute Gasteiger partial charge is 0.243 e. The Morgan fingerprint density at radius 3 is 2.39 bits per heavy atom. The van der Waals surface area contributed by atoms with Crippen molar-refractivity contribution in [2.24, 2.45) is 5.92 Å². The topological polar surface area (TPSA) is 57.6 Å². The number of aliphatic hydroxyl groups excluding tert-OH is 1. The second-order valence-electron chi connectivity index (χ2n) is 5.70. The number of piperidine rings is 1. The van der Waals surface area contributed by atoms with E-state index in [4.69, 9.17) is 0 Å². The summed E-state index contributed by atoms with van der Waals surface area (Å²) in [5.74, 6) is -0.355. The third-order valence-corrected chi connectivity index (χ3v) is 7.02. The number of halogens is 1. The maximum Gasteiger partial charge on any atom is 0.243 e. The first-order valence-electron chi connectivity index (χ1n) is 7.44.